The minimum Gasteiger partial charge on any atom is -0.207 e. The first-order valence-corrected chi connectivity index (χ1v) is 7.34. The van der Waals surface area contributed by atoms with E-state index in [9.17, 15) is 8.42 Å². The van der Waals surface area contributed by atoms with Gasteiger partial charge in [-0.3, -0.25) is 0 Å². The number of hydrogen-bond acceptors (Lipinski definition) is 2. The molecule has 2 nitrogen and oxygen atoms in total. The van der Waals surface area contributed by atoms with Crippen molar-refractivity contribution in [3.8, 4) is 0 Å². The van der Waals surface area contributed by atoms with Crippen molar-refractivity contribution in [3.05, 3.63) is 29.8 Å². The van der Waals surface area contributed by atoms with Gasteiger partial charge in [0.15, 0.2) is 0 Å². The van der Waals surface area contributed by atoms with Crippen molar-refractivity contribution < 1.29 is 8.42 Å². The van der Waals surface area contributed by atoms with Gasteiger partial charge in [-0.2, -0.15) is 0 Å². The quantitative estimate of drug-likeness (QED) is 0.762. The number of rotatable bonds is 4. The van der Waals surface area contributed by atoms with E-state index in [2.05, 4.69) is 13.8 Å². The van der Waals surface area contributed by atoms with Crippen LogP contribution in [0.2, 0.25) is 0 Å². The molecule has 4 heteroatoms. The summed E-state index contributed by atoms with van der Waals surface area (Å²) in [5, 5.41) is 0. The first kappa shape index (κ1) is 12.5. The van der Waals surface area contributed by atoms with Crippen molar-refractivity contribution >= 4 is 19.7 Å². The summed E-state index contributed by atoms with van der Waals surface area (Å²) >= 11 is 0. The first-order valence-electron chi connectivity index (χ1n) is 5.03. The molecule has 0 fully saturated rings. The highest BCUT2D eigenvalue weighted by Crippen LogP contribution is 2.26. The predicted molar refractivity (Wildman–Crippen MR) is 62.8 cm³/mol. The number of hydrogen-bond donors (Lipinski definition) is 0. The van der Waals surface area contributed by atoms with Gasteiger partial charge in [0.05, 0.1) is 4.90 Å². The van der Waals surface area contributed by atoms with Crippen molar-refractivity contribution in [2.75, 3.05) is 0 Å². The summed E-state index contributed by atoms with van der Waals surface area (Å²) in [4.78, 5) is 0.188. The third kappa shape index (κ3) is 3.21. The van der Waals surface area contributed by atoms with Gasteiger partial charge in [-0.15, -0.1) is 0 Å². The van der Waals surface area contributed by atoms with Crippen LogP contribution in [0.5, 0.6) is 0 Å². The monoisotopic (exact) mass is 246 g/mol. The van der Waals surface area contributed by atoms with Crippen LogP contribution in [0, 0.1) is 0 Å². The van der Waals surface area contributed by atoms with Gasteiger partial charge in [-0.05, 0) is 36.5 Å². The Bertz CT molecular complexity index is 422. The van der Waals surface area contributed by atoms with Crippen LogP contribution in [0.4, 0.5) is 0 Å². The maximum atomic E-state index is 11.1. The minimum absolute atomic E-state index is 0.188. The van der Waals surface area contributed by atoms with Gasteiger partial charge in [0.2, 0.25) is 0 Å². The van der Waals surface area contributed by atoms with Crippen molar-refractivity contribution in [1.82, 2.24) is 0 Å². The average Bonchev–Trinajstić information content (AvgIpc) is 2.19. The lowest BCUT2D eigenvalue weighted by atomic mass is 9.94. The molecule has 0 amide bonds. The molecular weight excluding hydrogens is 232 g/mol. The Labute approximate surface area is 95.7 Å². The average molecular weight is 247 g/mol. The van der Waals surface area contributed by atoms with Gasteiger partial charge in [-0.25, -0.2) is 8.42 Å². The Kier molecular flexibility index (Phi) is 4.17. The van der Waals surface area contributed by atoms with Gasteiger partial charge >= 0.3 is 0 Å². The molecule has 0 unspecified atom stereocenters. The lowest BCUT2D eigenvalue weighted by Gasteiger charge is -2.13. The van der Waals surface area contributed by atoms with E-state index in [1.54, 1.807) is 12.1 Å². The van der Waals surface area contributed by atoms with Crippen LogP contribution in [-0.4, -0.2) is 8.42 Å². The molecule has 0 aliphatic rings. The summed E-state index contributed by atoms with van der Waals surface area (Å²) in [7, 11) is 1.69. The van der Waals surface area contributed by atoms with Gasteiger partial charge < -0.3 is 0 Å². The fraction of sp³-hybridized carbons (Fsp3) is 0.455. The molecule has 0 atom stereocenters. The summed E-state index contributed by atoms with van der Waals surface area (Å²) in [6, 6.07) is 6.88. The SMILES string of the molecule is CCC(CC)c1cccc(S(=O)(=O)Cl)c1. The van der Waals surface area contributed by atoms with E-state index in [-0.39, 0.29) is 4.90 Å². The summed E-state index contributed by atoms with van der Waals surface area (Å²) in [6.45, 7) is 4.19. The molecule has 0 saturated heterocycles. The van der Waals surface area contributed by atoms with Crippen molar-refractivity contribution in [1.29, 1.82) is 0 Å². The van der Waals surface area contributed by atoms with E-state index in [1.807, 2.05) is 6.07 Å². The molecule has 1 aromatic carbocycles. The standard InChI is InChI=1S/C11H15ClO2S/c1-3-9(4-2)10-6-5-7-11(8-10)15(12,13)14/h5-9H,3-4H2,1-2H3. The molecule has 0 aliphatic carbocycles. The third-order valence-corrected chi connectivity index (χ3v) is 3.95. The minimum atomic E-state index is -3.60. The second-order valence-corrected chi connectivity index (χ2v) is 6.09. The largest absolute Gasteiger partial charge is 0.261 e. The van der Waals surface area contributed by atoms with Crippen LogP contribution in [0.3, 0.4) is 0 Å². The molecule has 15 heavy (non-hydrogen) atoms. The topological polar surface area (TPSA) is 34.1 Å². The van der Waals surface area contributed by atoms with Gasteiger partial charge in [0.1, 0.15) is 0 Å². The summed E-state index contributed by atoms with van der Waals surface area (Å²) < 4.78 is 22.3. The molecular formula is C11H15ClO2S. The molecule has 0 N–H and O–H groups in total. The molecule has 0 aromatic heterocycles. The van der Waals surface area contributed by atoms with E-state index in [4.69, 9.17) is 10.7 Å². The Balaban J connectivity index is 3.13. The predicted octanol–water partition coefficient (Wildman–Crippen LogP) is 3.52. The van der Waals surface area contributed by atoms with Crippen molar-refractivity contribution in [3.63, 3.8) is 0 Å². The van der Waals surface area contributed by atoms with Crippen LogP contribution in [0.25, 0.3) is 0 Å². The van der Waals surface area contributed by atoms with Crippen molar-refractivity contribution in [2.24, 2.45) is 0 Å². The molecule has 0 bridgehead atoms. The lowest BCUT2D eigenvalue weighted by Crippen LogP contribution is -1.98. The van der Waals surface area contributed by atoms with E-state index in [0.29, 0.717) is 5.92 Å². The van der Waals surface area contributed by atoms with Crippen LogP contribution >= 0.6 is 10.7 Å². The molecule has 0 aliphatic heterocycles. The second-order valence-electron chi connectivity index (χ2n) is 3.52. The molecule has 1 aromatic rings. The van der Waals surface area contributed by atoms with Gasteiger partial charge in [0.25, 0.3) is 9.05 Å². The first-order chi connectivity index (χ1) is 6.99. The lowest BCUT2D eigenvalue weighted by molar-refractivity contribution is 0.608. The maximum Gasteiger partial charge on any atom is 0.261 e. The van der Waals surface area contributed by atoms with Crippen LogP contribution < -0.4 is 0 Å². The molecule has 84 valence electrons. The second kappa shape index (κ2) is 4.99. The van der Waals surface area contributed by atoms with E-state index in [0.717, 1.165) is 18.4 Å². The summed E-state index contributed by atoms with van der Waals surface area (Å²) in [5.74, 6) is 0.406. The fourth-order valence-corrected chi connectivity index (χ4v) is 2.49. The molecule has 0 saturated carbocycles. The van der Waals surface area contributed by atoms with Gasteiger partial charge in [-0.1, -0.05) is 26.0 Å². The third-order valence-electron chi connectivity index (χ3n) is 2.60. The maximum absolute atomic E-state index is 11.1. The molecule has 1 rings (SSSR count). The zero-order valence-electron chi connectivity index (χ0n) is 8.90. The normalized spacial score (nSPS) is 12.0. The highest BCUT2D eigenvalue weighted by Gasteiger charge is 2.13. The number of benzene rings is 1. The zero-order valence-corrected chi connectivity index (χ0v) is 10.5. The van der Waals surface area contributed by atoms with Gasteiger partial charge in [0, 0.05) is 10.7 Å². The molecule has 0 spiro atoms. The van der Waals surface area contributed by atoms with E-state index < -0.39 is 9.05 Å². The summed E-state index contributed by atoms with van der Waals surface area (Å²) in [5.41, 5.74) is 1.04. The smallest absolute Gasteiger partial charge is 0.207 e. The Hall–Kier alpha value is -0.540. The van der Waals surface area contributed by atoms with Crippen LogP contribution in [-0.2, 0) is 9.05 Å². The highest BCUT2D eigenvalue weighted by molar-refractivity contribution is 8.13. The van der Waals surface area contributed by atoms with E-state index in [1.165, 1.54) is 6.07 Å². The summed E-state index contributed by atoms with van der Waals surface area (Å²) in [6.07, 6.45) is 2.00. The molecule has 0 heterocycles. The van der Waals surface area contributed by atoms with E-state index >= 15 is 0 Å². The Morgan fingerprint density at radius 1 is 1.27 bits per heavy atom. The Morgan fingerprint density at radius 3 is 2.33 bits per heavy atom. The zero-order chi connectivity index (χ0) is 11.5. The number of halogens is 1. The van der Waals surface area contributed by atoms with Crippen LogP contribution in [0.1, 0.15) is 38.2 Å². The van der Waals surface area contributed by atoms with Crippen LogP contribution in [0.15, 0.2) is 29.2 Å². The van der Waals surface area contributed by atoms with Crippen molar-refractivity contribution in [2.45, 2.75) is 37.5 Å². The Morgan fingerprint density at radius 2 is 1.87 bits per heavy atom. The highest BCUT2D eigenvalue weighted by atomic mass is 35.7. The molecule has 0 radical (unpaired) electrons. The fourth-order valence-electron chi connectivity index (χ4n) is 1.68.